The summed E-state index contributed by atoms with van der Waals surface area (Å²) in [4.78, 5) is 2.40. The van der Waals surface area contributed by atoms with E-state index in [-0.39, 0.29) is 5.82 Å². The summed E-state index contributed by atoms with van der Waals surface area (Å²) in [5, 5.41) is 0.391. The van der Waals surface area contributed by atoms with E-state index >= 15 is 0 Å². The minimum atomic E-state index is -0.369. The van der Waals surface area contributed by atoms with Gasteiger partial charge in [-0.15, -0.1) is 0 Å². The van der Waals surface area contributed by atoms with Gasteiger partial charge in [0.2, 0.25) is 0 Å². The Morgan fingerprint density at radius 1 is 1.16 bits per heavy atom. The number of rotatable bonds is 3. The Hall–Kier alpha value is -1.72. The van der Waals surface area contributed by atoms with E-state index in [4.69, 9.17) is 16.3 Å². The Morgan fingerprint density at radius 2 is 2.00 bits per heavy atom. The summed E-state index contributed by atoms with van der Waals surface area (Å²) >= 11 is 7.72. The van der Waals surface area contributed by atoms with Crippen LogP contribution in [0.2, 0.25) is 5.02 Å². The highest BCUT2D eigenvalue weighted by atomic mass is 35.5. The minimum absolute atomic E-state index is 0.325. The van der Waals surface area contributed by atoms with Gasteiger partial charge in [-0.3, -0.25) is 0 Å². The molecule has 0 saturated carbocycles. The van der Waals surface area contributed by atoms with Gasteiger partial charge in [0.25, 0.3) is 0 Å². The molecule has 3 nitrogen and oxygen atoms in total. The Morgan fingerprint density at radius 3 is 2.84 bits per heavy atom. The molecule has 1 fully saturated rings. The van der Waals surface area contributed by atoms with Crippen molar-refractivity contribution in [1.82, 2.24) is 4.90 Å². The van der Waals surface area contributed by atoms with Crippen LogP contribution in [0.25, 0.3) is 0 Å². The highest BCUT2D eigenvalue weighted by molar-refractivity contribution is 7.98. The monoisotopic (exact) mass is 376 g/mol. The van der Waals surface area contributed by atoms with Crippen molar-refractivity contribution in [2.75, 3.05) is 18.8 Å². The van der Waals surface area contributed by atoms with Crippen molar-refractivity contribution >= 4 is 29.4 Å². The molecule has 130 valence electrons. The van der Waals surface area contributed by atoms with Crippen molar-refractivity contribution in [3.8, 4) is 11.5 Å². The fraction of sp³-hybridized carbons (Fsp3) is 0.316. The number of benzene rings is 2. The lowest BCUT2D eigenvalue weighted by molar-refractivity contribution is 0.371. The summed E-state index contributed by atoms with van der Waals surface area (Å²) in [5.74, 6) is 3.20. The van der Waals surface area contributed by atoms with Crippen LogP contribution in [0.15, 0.2) is 46.9 Å². The maximum Gasteiger partial charge on any atom is 0.148 e. The fourth-order valence-electron chi connectivity index (χ4n) is 3.33. The first-order valence-electron chi connectivity index (χ1n) is 8.38. The zero-order valence-corrected chi connectivity index (χ0v) is 15.2. The SMILES string of the molecule is Fc1ccc(Cl)c(Oc2ccc(C3CCCN4CCSN=C34)cc2)c1. The third-order valence-electron chi connectivity index (χ3n) is 4.57. The van der Waals surface area contributed by atoms with Gasteiger partial charge in [0.15, 0.2) is 0 Å². The number of hydrogen-bond donors (Lipinski definition) is 0. The van der Waals surface area contributed by atoms with Crippen LogP contribution in [0, 0.1) is 5.82 Å². The molecule has 0 N–H and O–H groups in total. The Labute approximate surface area is 156 Å². The van der Waals surface area contributed by atoms with Crippen LogP contribution in [0.5, 0.6) is 11.5 Å². The van der Waals surface area contributed by atoms with Crippen LogP contribution in [-0.4, -0.2) is 29.6 Å². The summed E-state index contributed by atoms with van der Waals surface area (Å²) in [6.07, 6.45) is 2.30. The van der Waals surface area contributed by atoms with Crippen LogP contribution < -0.4 is 4.74 Å². The number of nitrogens with zero attached hydrogens (tertiary/aromatic N) is 2. The summed E-state index contributed by atoms with van der Waals surface area (Å²) in [7, 11) is 0. The standard InChI is InChI=1S/C19H18ClFN2OS/c20-17-8-5-14(21)12-18(17)24-15-6-3-13(4-7-15)16-2-1-9-23-10-11-25-22-19(16)23/h3-8,12,16H,1-2,9-11H2. The quantitative estimate of drug-likeness (QED) is 0.660. The van der Waals surface area contributed by atoms with Gasteiger partial charge in [0.05, 0.1) is 5.02 Å². The van der Waals surface area contributed by atoms with Crippen molar-refractivity contribution in [3.05, 3.63) is 58.9 Å². The molecule has 2 heterocycles. The predicted octanol–water partition coefficient (Wildman–Crippen LogP) is 5.51. The summed E-state index contributed by atoms with van der Waals surface area (Å²) in [6, 6.07) is 12.1. The molecule has 0 bridgehead atoms. The van der Waals surface area contributed by atoms with Crippen molar-refractivity contribution in [2.24, 2.45) is 4.40 Å². The molecule has 2 aliphatic rings. The first-order valence-corrected chi connectivity index (χ1v) is 9.70. The normalized spacial score (nSPS) is 20.0. The second kappa shape index (κ2) is 7.26. The lowest BCUT2D eigenvalue weighted by Crippen LogP contribution is -2.42. The minimum Gasteiger partial charge on any atom is -0.456 e. The van der Waals surface area contributed by atoms with Crippen molar-refractivity contribution in [3.63, 3.8) is 0 Å². The molecule has 0 aliphatic carbocycles. The van der Waals surface area contributed by atoms with Crippen molar-refractivity contribution in [2.45, 2.75) is 18.8 Å². The maximum atomic E-state index is 13.4. The van der Waals surface area contributed by atoms with Crippen LogP contribution in [0.3, 0.4) is 0 Å². The van der Waals surface area contributed by atoms with Gasteiger partial charge >= 0.3 is 0 Å². The number of amidine groups is 1. The van der Waals surface area contributed by atoms with E-state index in [1.165, 1.54) is 36.0 Å². The number of piperidine rings is 1. The number of hydrogen-bond acceptors (Lipinski definition) is 4. The van der Waals surface area contributed by atoms with E-state index in [0.29, 0.717) is 22.4 Å². The highest BCUT2D eigenvalue weighted by Gasteiger charge is 2.29. The average molecular weight is 377 g/mol. The number of halogens is 2. The largest absolute Gasteiger partial charge is 0.456 e. The van der Waals surface area contributed by atoms with E-state index in [0.717, 1.165) is 25.3 Å². The first-order chi connectivity index (χ1) is 12.2. The number of fused-ring (bicyclic) bond motifs is 1. The van der Waals surface area contributed by atoms with Gasteiger partial charge in [-0.05, 0) is 54.6 Å². The zero-order valence-electron chi connectivity index (χ0n) is 13.6. The van der Waals surface area contributed by atoms with Crippen LogP contribution in [0.4, 0.5) is 4.39 Å². The average Bonchev–Trinajstić information content (AvgIpc) is 2.65. The molecule has 2 aromatic carbocycles. The highest BCUT2D eigenvalue weighted by Crippen LogP contribution is 2.35. The van der Waals surface area contributed by atoms with Gasteiger partial charge < -0.3 is 9.64 Å². The van der Waals surface area contributed by atoms with Gasteiger partial charge in [-0.1, -0.05) is 23.7 Å². The summed E-state index contributed by atoms with van der Waals surface area (Å²) in [5.41, 5.74) is 1.24. The zero-order chi connectivity index (χ0) is 17.2. The molecule has 6 heteroatoms. The van der Waals surface area contributed by atoms with E-state index in [2.05, 4.69) is 21.4 Å². The summed E-state index contributed by atoms with van der Waals surface area (Å²) < 4.78 is 23.8. The third kappa shape index (κ3) is 3.62. The molecule has 0 aromatic heterocycles. The van der Waals surface area contributed by atoms with E-state index < -0.39 is 0 Å². The predicted molar refractivity (Wildman–Crippen MR) is 101 cm³/mol. The van der Waals surface area contributed by atoms with E-state index in [9.17, 15) is 4.39 Å². The molecule has 0 spiro atoms. The molecule has 1 atom stereocenters. The number of ether oxygens (including phenoxy) is 1. The van der Waals surface area contributed by atoms with Gasteiger partial charge in [-0.25, -0.2) is 8.79 Å². The van der Waals surface area contributed by atoms with Crippen molar-refractivity contribution in [1.29, 1.82) is 0 Å². The molecular weight excluding hydrogens is 359 g/mol. The maximum absolute atomic E-state index is 13.4. The van der Waals surface area contributed by atoms with Crippen LogP contribution in [-0.2, 0) is 0 Å². The Bertz CT molecular complexity index is 797. The van der Waals surface area contributed by atoms with Gasteiger partial charge in [0, 0.05) is 30.8 Å². The van der Waals surface area contributed by atoms with Crippen molar-refractivity contribution < 1.29 is 9.13 Å². The second-order valence-corrected chi connectivity index (χ2v) is 7.47. The Kier molecular flexibility index (Phi) is 4.86. The van der Waals surface area contributed by atoms with Gasteiger partial charge in [-0.2, -0.15) is 0 Å². The molecule has 2 aliphatic heterocycles. The van der Waals surface area contributed by atoms with Crippen LogP contribution in [0.1, 0.15) is 24.3 Å². The molecule has 1 unspecified atom stereocenters. The lowest BCUT2D eigenvalue weighted by Gasteiger charge is -2.37. The lowest BCUT2D eigenvalue weighted by atomic mass is 9.89. The molecule has 0 radical (unpaired) electrons. The molecule has 2 aromatic rings. The molecule has 0 amide bonds. The molecule has 4 rings (SSSR count). The second-order valence-electron chi connectivity index (χ2n) is 6.21. The van der Waals surface area contributed by atoms with Crippen LogP contribution >= 0.6 is 23.5 Å². The first kappa shape index (κ1) is 16.7. The van der Waals surface area contributed by atoms with Gasteiger partial charge in [0.1, 0.15) is 23.2 Å². The fourth-order valence-corrected chi connectivity index (χ4v) is 4.25. The smallest absolute Gasteiger partial charge is 0.148 e. The van der Waals surface area contributed by atoms with E-state index in [1.54, 1.807) is 11.9 Å². The Balaban J connectivity index is 1.54. The topological polar surface area (TPSA) is 24.8 Å². The molecule has 1 saturated heterocycles. The molecular formula is C19H18ClFN2OS. The molecule has 25 heavy (non-hydrogen) atoms. The van der Waals surface area contributed by atoms with E-state index in [1.807, 2.05) is 12.1 Å². The summed E-state index contributed by atoms with van der Waals surface area (Å²) in [6.45, 7) is 2.19. The third-order valence-corrected chi connectivity index (χ3v) is 5.56.